The molecule has 1 aliphatic rings. The topological polar surface area (TPSA) is 29.1 Å². The van der Waals surface area contributed by atoms with Gasteiger partial charge in [0.15, 0.2) is 5.76 Å². The van der Waals surface area contributed by atoms with Crippen molar-refractivity contribution in [1.82, 2.24) is 0 Å². The molecule has 0 spiro atoms. The second kappa shape index (κ2) is 8.77. The van der Waals surface area contributed by atoms with E-state index >= 15 is 0 Å². The molecule has 0 aromatic heterocycles. The van der Waals surface area contributed by atoms with Gasteiger partial charge in [-0.05, 0) is 17.7 Å². The Bertz CT molecular complexity index is 486. The van der Waals surface area contributed by atoms with E-state index in [1.807, 2.05) is 30.3 Å². The molecule has 0 saturated heterocycles. The van der Waals surface area contributed by atoms with Crippen LogP contribution in [-0.2, 0) is 35.9 Å². The Balaban J connectivity index is 0.00000144. The van der Waals surface area contributed by atoms with E-state index in [2.05, 4.69) is 5.73 Å². The van der Waals surface area contributed by atoms with Crippen LogP contribution in [0.1, 0.15) is 5.56 Å². The predicted molar refractivity (Wildman–Crippen MR) is 60.7 cm³/mol. The molecule has 4 heteroatoms. The third-order valence-corrected chi connectivity index (χ3v) is 2.13. The van der Waals surface area contributed by atoms with Gasteiger partial charge in [0.1, 0.15) is 6.61 Å². The van der Waals surface area contributed by atoms with E-state index in [-0.39, 0.29) is 37.6 Å². The summed E-state index contributed by atoms with van der Waals surface area (Å²) in [6, 6.07) is 9.73. The average Bonchev–Trinajstić information content (AvgIpc) is 2.53. The number of allylic oxidation sites excluding steroid dienone is 3. The van der Waals surface area contributed by atoms with Crippen LogP contribution in [-0.4, -0.2) is 0 Å². The zero-order valence-electron chi connectivity index (χ0n) is 9.80. The van der Waals surface area contributed by atoms with Crippen LogP contribution in [0, 0.1) is 0 Å². The van der Waals surface area contributed by atoms with Crippen LogP contribution >= 0.6 is 0 Å². The average molecular weight is 312 g/mol. The van der Waals surface area contributed by atoms with Gasteiger partial charge < -0.3 is 17.1 Å². The first-order valence-corrected chi connectivity index (χ1v) is 5.04. The molecule has 1 aromatic rings. The summed E-state index contributed by atoms with van der Waals surface area (Å²) < 4.78 is 5.44. The molecule has 0 atom stereocenters. The van der Waals surface area contributed by atoms with E-state index in [0.717, 1.165) is 5.56 Å². The fourth-order valence-corrected chi connectivity index (χ4v) is 1.32. The summed E-state index contributed by atoms with van der Waals surface area (Å²) in [5.74, 6) is 0.106. The van der Waals surface area contributed by atoms with E-state index in [9.17, 15) is 5.11 Å². The van der Waals surface area contributed by atoms with Crippen LogP contribution in [0.4, 0.5) is 0 Å². The Morgan fingerprint density at radius 1 is 1.11 bits per heavy atom. The first-order chi connectivity index (χ1) is 7.86. The Labute approximate surface area is 126 Å². The number of benzene rings is 1. The third kappa shape index (κ3) is 4.93. The van der Waals surface area contributed by atoms with Crippen molar-refractivity contribution in [3.05, 3.63) is 77.4 Å². The number of rotatable bonds is 3. The molecule has 0 bridgehead atoms. The summed E-state index contributed by atoms with van der Waals surface area (Å²) in [4.78, 5) is 0. The maximum absolute atomic E-state index is 11.5. The van der Waals surface area contributed by atoms with E-state index in [0.29, 0.717) is 12.4 Å². The summed E-state index contributed by atoms with van der Waals surface area (Å²) >= 11 is 0. The van der Waals surface area contributed by atoms with Crippen LogP contribution in [0.25, 0.3) is 0 Å². The maximum Gasteiger partial charge on any atom is 0.262 e. The summed E-state index contributed by atoms with van der Waals surface area (Å²) in [6.07, 6.45) is 6.74. The molecule has 0 fully saturated rings. The zero-order chi connectivity index (χ0) is 11.2. The molecular formula is C14H11ClO2Zn-. The number of ether oxygens (including phenoxy) is 1. The Kier molecular flexibility index (Phi) is 8.15. The van der Waals surface area contributed by atoms with Gasteiger partial charge in [-0.25, -0.2) is 0 Å². The number of halogens is 1. The van der Waals surface area contributed by atoms with Gasteiger partial charge in [-0.1, -0.05) is 48.2 Å². The van der Waals surface area contributed by atoms with Crippen LogP contribution in [0.15, 0.2) is 71.9 Å². The fourth-order valence-electron chi connectivity index (χ4n) is 1.32. The standard InChI is InChI=1S/C14H11O2.ClH.Zn/c15-13-9-5-2-6-10-14(13)16-11-12-7-3-1-4-8-12;;/h1-8,10H,11H2;1H;/p-1. The second-order valence-corrected chi connectivity index (χ2v) is 3.33. The molecule has 0 aliphatic heterocycles. The second-order valence-electron chi connectivity index (χ2n) is 3.33. The molecule has 2 rings (SSSR count). The monoisotopic (exact) mass is 310 g/mol. The third-order valence-electron chi connectivity index (χ3n) is 2.13. The molecular weight excluding hydrogens is 301 g/mol. The molecule has 0 heterocycles. The summed E-state index contributed by atoms with van der Waals surface area (Å²) in [6.45, 7) is 0.397. The van der Waals surface area contributed by atoms with E-state index in [1.54, 1.807) is 24.3 Å². The van der Waals surface area contributed by atoms with Gasteiger partial charge in [0.05, 0.1) is 0 Å². The Hall–Kier alpha value is -1.27. The predicted octanol–water partition coefficient (Wildman–Crippen LogP) is 0.128. The van der Waals surface area contributed by atoms with E-state index in [1.165, 1.54) is 0 Å². The molecule has 0 saturated carbocycles. The summed E-state index contributed by atoms with van der Waals surface area (Å²) in [7, 11) is 0. The molecule has 1 aromatic carbocycles. The minimum Gasteiger partial charge on any atom is -1.00 e. The quantitative estimate of drug-likeness (QED) is 0.576. The normalized spacial score (nSPS) is 12.4. The minimum absolute atomic E-state index is 0. The van der Waals surface area contributed by atoms with Gasteiger partial charge in [-0.2, -0.15) is 0 Å². The van der Waals surface area contributed by atoms with E-state index in [4.69, 9.17) is 4.74 Å². The fraction of sp³-hybridized carbons (Fsp3) is 0.0714. The minimum atomic E-state index is -0.221. The van der Waals surface area contributed by atoms with Crippen LogP contribution in [0.3, 0.4) is 0 Å². The SMILES string of the molecule is [Cl-].[O]C1=C=CC=CC=C1OCc1ccccc1.[Zn]. The van der Waals surface area contributed by atoms with Crippen LogP contribution in [0.2, 0.25) is 0 Å². The zero-order valence-corrected chi connectivity index (χ0v) is 13.5. The van der Waals surface area contributed by atoms with Gasteiger partial charge in [-0.15, -0.1) is 0 Å². The Morgan fingerprint density at radius 2 is 1.83 bits per heavy atom. The van der Waals surface area contributed by atoms with Crippen molar-refractivity contribution < 1.29 is 41.7 Å². The van der Waals surface area contributed by atoms with Crippen molar-refractivity contribution in [3.8, 4) is 0 Å². The van der Waals surface area contributed by atoms with Gasteiger partial charge >= 0.3 is 0 Å². The summed E-state index contributed by atoms with van der Waals surface area (Å²) in [5.41, 5.74) is 3.62. The molecule has 1 radical (unpaired) electrons. The molecule has 0 amide bonds. The molecule has 89 valence electrons. The van der Waals surface area contributed by atoms with Crippen molar-refractivity contribution in [2.24, 2.45) is 0 Å². The molecule has 2 nitrogen and oxygen atoms in total. The van der Waals surface area contributed by atoms with Gasteiger partial charge in [-0.3, -0.25) is 5.11 Å². The van der Waals surface area contributed by atoms with E-state index < -0.39 is 0 Å². The molecule has 1 aliphatic carbocycles. The van der Waals surface area contributed by atoms with Crippen molar-refractivity contribution in [3.63, 3.8) is 0 Å². The molecule has 0 N–H and O–H groups in total. The smallest absolute Gasteiger partial charge is 0.262 e. The number of hydrogen-bond acceptors (Lipinski definition) is 1. The summed E-state index contributed by atoms with van der Waals surface area (Å²) in [5, 5.41) is 11.5. The van der Waals surface area contributed by atoms with Crippen molar-refractivity contribution in [2.75, 3.05) is 0 Å². The van der Waals surface area contributed by atoms with Gasteiger partial charge in [0, 0.05) is 19.5 Å². The van der Waals surface area contributed by atoms with Crippen LogP contribution in [0.5, 0.6) is 0 Å². The van der Waals surface area contributed by atoms with Crippen LogP contribution < -0.4 is 12.4 Å². The van der Waals surface area contributed by atoms with Crippen molar-refractivity contribution in [1.29, 1.82) is 0 Å². The number of hydrogen-bond donors (Lipinski definition) is 0. The van der Waals surface area contributed by atoms with Crippen molar-refractivity contribution >= 4 is 0 Å². The maximum atomic E-state index is 11.5. The van der Waals surface area contributed by atoms with Gasteiger partial charge in [0.25, 0.3) is 5.76 Å². The largest absolute Gasteiger partial charge is 1.00 e. The van der Waals surface area contributed by atoms with Crippen molar-refractivity contribution in [2.45, 2.75) is 6.61 Å². The molecule has 18 heavy (non-hydrogen) atoms. The van der Waals surface area contributed by atoms with Gasteiger partial charge in [0.2, 0.25) is 0 Å². The molecule has 0 unspecified atom stereocenters. The first-order valence-electron chi connectivity index (χ1n) is 5.04. The first kappa shape index (κ1) is 16.7. The Morgan fingerprint density at radius 3 is 2.56 bits per heavy atom.